The lowest BCUT2D eigenvalue weighted by Gasteiger charge is -2.02. The molecule has 3 atom stereocenters. The van der Waals surface area contributed by atoms with Crippen molar-refractivity contribution in [1.29, 1.82) is 0 Å². The molecule has 0 radical (unpaired) electrons. The van der Waals surface area contributed by atoms with Gasteiger partial charge in [0, 0.05) is 0 Å². The van der Waals surface area contributed by atoms with Crippen LogP contribution in [0.3, 0.4) is 0 Å². The minimum atomic E-state index is 1.02. The molecule has 1 saturated heterocycles. The van der Waals surface area contributed by atoms with Crippen LogP contribution in [0, 0.1) is 17.8 Å². The first kappa shape index (κ1) is 5.72. The first-order chi connectivity index (χ1) is 4.36. The second-order valence-electron chi connectivity index (χ2n) is 3.75. The molecule has 0 aromatic rings. The Kier molecular flexibility index (Phi) is 1.26. The summed E-state index contributed by atoms with van der Waals surface area (Å²) >= 11 is 0. The van der Waals surface area contributed by atoms with Crippen molar-refractivity contribution < 1.29 is 0 Å². The predicted molar refractivity (Wildman–Crippen MR) is 38.2 cm³/mol. The van der Waals surface area contributed by atoms with Crippen molar-refractivity contribution in [2.24, 2.45) is 17.8 Å². The third-order valence-electron chi connectivity index (χ3n) is 2.89. The Morgan fingerprint density at radius 3 is 2.22 bits per heavy atom. The van der Waals surface area contributed by atoms with Gasteiger partial charge in [0.1, 0.15) is 0 Å². The van der Waals surface area contributed by atoms with E-state index in [-0.39, 0.29) is 0 Å². The zero-order valence-corrected chi connectivity index (χ0v) is 6.06. The molecule has 2 unspecified atom stereocenters. The number of hydrogen-bond acceptors (Lipinski definition) is 1. The molecule has 1 heterocycles. The van der Waals surface area contributed by atoms with Crippen LogP contribution in [0.15, 0.2) is 0 Å². The minimum absolute atomic E-state index is 1.02. The fourth-order valence-corrected chi connectivity index (χ4v) is 2.47. The summed E-state index contributed by atoms with van der Waals surface area (Å²) in [6.45, 7) is 4.99. The van der Waals surface area contributed by atoms with Crippen LogP contribution in [0.4, 0.5) is 0 Å². The summed E-state index contributed by atoms with van der Waals surface area (Å²) in [6.07, 6.45) is 2.97. The fourth-order valence-electron chi connectivity index (χ4n) is 2.47. The summed E-state index contributed by atoms with van der Waals surface area (Å²) in [5.74, 6) is 3.10. The van der Waals surface area contributed by atoms with E-state index in [1.165, 1.54) is 25.9 Å². The van der Waals surface area contributed by atoms with Gasteiger partial charge in [-0.2, -0.15) is 0 Å². The van der Waals surface area contributed by atoms with Crippen LogP contribution in [-0.4, -0.2) is 13.1 Å². The number of hydrogen-bond donors (Lipinski definition) is 1. The predicted octanol–water partition coefficient (Wildman–Crippen LogP) is 1.25. The molecule has 2 aliphatic rings. The molecule has 1 heteroatoms. The zero-order chi connectivity index (χ0) is 6.27. The van der Waals surface area contributed by atoms with Crippen LogP contribution < -0.4 is 5.32 Å². The van der Waals surface area contributed by atoms with Crippen LogP contribution in [0.5, 0.6) is 0 Å². The molecule has 0 aromatic carbocycles. The van der Waals surface area contributed by atoms with Gasteiger partial charge in [0.2, 0.25) is 0 Å². The fraction of sp³-hybridized carbons (Fsp3) is 1.00. The van der Waals surface area contributed by atoms with Gasteiger partial charge in [-0.1, -0.05) is 6.92 Å². The summed E-state index contributed by atoms with van der Waals surface area (Å²) in [4.78, 5) is 0. The lowest BCUT2D eigenvalue weighted by Crippen LogP contribution is -2.10. The summed E-state index contributed by atoms with van der Waals surface area (Å²) in [6, 6.07) is 0. The largest absolute Gasteiger partial charge is 0.316 e. The number of nitrogens with one attached hydrogen (secondary N) is 1. The second kappa shape index (κ2) is 1.98. The molecule has 1 aliphatic heterocycles. The molecule has 0 bridgehead atoms. The van der Waals surface area contributed by atoms with Gasteiger partial charge >= 0.3 is 0 Å². The van der Waals surface area contributed by atoms with Gasteiger partial charge < -0.3 is 5.32 Å². The van der Waals surface area contributed by atoms with Crippen LogP contribution in [0.1, 0.15) is 19.8 Å². The molecule has 0 aromatic heterocycles. The van der Waals surface area contributed by atoms with Crippen LogP contribution >= 0.6 is 0 Å². The average molecular weight is 125 g/mol. The van der Waals surface area contributed by atoms with Crippen molar-refractivity contribution in [2.75, 3.05) is 13.1 Å². The van der Waals surface area contributed by atoms with Crippen molar-refractivity contribution in [2.45, 2.75) is 19.8 Å². The first-order valence-electron chi connectivity index (χ1n) is 4.07. The van der Waals surface area contributed by atoms with Crippen LogP contribution in [0.2, 0.25) is 0 Å². The Bertz CT molecular complexity index is 99.1. The Morgan fingerprint density at radius 2 is 1.67 bits per heavy atom. The average Bonchev–Trinajstić information content (AvgIpc) is 2.22. The number of rotatable bonds is 0. The van der Waals surface area contributed by atoms with Gasteiger partial charge in [0.05, 0.1) is 0 Å². The van der Waals surface area contributed by atoms with E-state index < -0.39 is 0 Å². The zero-order valence-electron chi connectivity index (χ0n) is 6.06. The van der Waals surface area contributed by atoms with E-state index in [2.05, 4.69) is 12.2 Å². The molecule has 2 rings (SSSR count). The molecule has 0 amide bonds. The van der Waals surface area contributed by atoms with Gasteiger partial charge in [0.25, 0.3) is 0 Å². The monoisotopic (exact) mass is 125 g/mol. The van der Waals surface area contributed by atoms with E-state index in [9.17, 15) is 0 Å². The molecule has 2 fully saturated rings. The van der Waals surface area contributed by atoms with E-state index in [1.807, 2.05) is 0 Å². The van der Waals surface area contributed by atoms with Gasteiger partial charge in [-0.25, -0.2) is 0 Å². The second-order valence-corrected chi connectivity index (χ2v) is 3.75. The quantitative estimate of drug-likeness (QED) is 0.514. The first-order valence-corrected chi connectivity index (χ1v) is 4.07. The molecule has 0 spiro atoms. The molecule has 52 valence electrons. The van der Waals surface area contributed by atoms with Crippen LogP contribution in [-0.2, 0) is 0 Å². The van der Waals surface area contributed by atoms with Crippen molar-refractivity contribution in [3.63, 3.8) is 0 Å². The summed E-state index contributed by atoms with van der Waals surface area (Å²) < 4.78 is 0. The maximum atomic E-state index is 3.44. The molecule has 9 heavy (non-hydrogen) atoms. The molecule has 1 aliphatic carbocycles. The molecular formula is C8H15N. The molecule has 1 saturated carbocycles. The van der Waals surface area contributed by atoms with E-state index in [0.717, 1.165) is 17.8 Å². The van der Waals surface area contributed by atoms with Crippen molar-refractivity contribution in [3.8, 4) is 0 Å². The van der Waals surface area contributed by atoms with Crippen molar-refractivity contribution >= 4 is 0 Å². The van der Waals surface area contributed by atoms with Gasteiger partial charge in [-0.15, -0.1) is 0 Å². The van der Waals surface area contributed by atoms with Crippen molar-refractivity contribution in [1.82, 2.24) is 5.32 Å². The highest BCUT2D eigenvalue weighted by atomic mass is 14.9. The van der Waals surface area contributed by atoms with E-state index in [4.69, 9.17) is 0 Å². The summed E-state index contributed by atoms with van der Waals surface area (Å²) in [5.41, 5.74) is 0. The van der Waals surface area contributed by atoms with Gasteiger partial charge in [0.15, 0.2) is 0 Å². The Hall–Kier alpha value is -0.0400. The molecule has 1 N–H and O–H groups in total. The normalized spacial score (nSPS) is 49.7. The third-order valence-corrected chi connectivity index (χ3v) is 2.89. The van der Waals surface area contributed by atoms with E-state index in [1.54, 1.807) is 0 Å². The Labute approximate surface area is 56.8 Å². The Balaban J connectivity index is 2.02. The van der Waals surface area contributed by atoms with E-state index in [0.29, 0.717) is 0 Å². The highest BCUT2D eigenvalue weighted by Gasteiger charge is 2.34. The molecular weight excluding hydrogens is 110 g/mol. The highest BCUT2D eigenvalue weighted by molar-refractivity contribution is 4.88. The summed E-state index contributed by atoms with van der Waals surface area (Å²) in [5, 5.41) is 3.44. The topological polar surface area (TPSA) is 12.0 Å². The Morgan fingerprint density at radius 1 is 1.11 bits per heavy atom. The third kappa shape index (κ3) is 0.877. The smallest absolute Gasteiger partial charge is 0.00172 e. The number of fused-ring (bicyclic) bond motifs is 1. The van der Waals surface area contributed by atoms with Gasteiger partial charge in [-0.3, -0.25) is 0 Å². The summed E-state index contributed by atoms with van der Waals surface area (Å²) in [7, 11) is 0. The maximum Gasteiger partial charge on any atom is -0.00172 e. The SMILES string of the molecule is CC1CC2CNC[C@@H]2C1. The lowest BCUT2D eigenvalue weighted by atomic mass is 10.0. The molecule has 1 nitrogen and oxygen atoms in total. The van der Waals surface area contributed by atoms with Crippen LogP contribution in [0.25, 0.3) is 0 Å². The minimum Gasteiger partial charge on any atom is -0.316 e. The van der Waals surface area contributed by atoms with Crippen molar-refractivity contribution in [3.05, 3.63) is 0 Å². The standard InChI is InChI=1S/C8H15N/c1-6-2-7-4-9-5-8(7)3-6/h6-9H,2-5H2,1H3/t6?,7-,8?/m0/s1. The lowest BCUT2D eigenvalue weighted by molar-refractivity contribution is 0.494. The maximum absolute atomic E-state index is 3.44. The van der Waals surface area contributed by atoms with E-state index >= 15 is 0 Å². The highest BCUT2D eigenvalue weighted by Crippen LogP contribution is 2.37. The van der Waals surface area contributed by atoms with Gasteiger partial charge in [-0.05, 0) is 43.7 Å².